The van der Waals surface area contributed by atoms with E-state index in [-0.39, 0.29) is 0 Å². The predicted octanol–water partition coefficient (Wildman–Crippen LogP) is 0.626. The van der Waals surface area contributed by atoms with Crippen molar-refractivity contribution in [2.45, 2.75) is 33.4 Å². The Morgan fingerprint density at radius 2 is 2.18 bits per heavy atom. The summed E-state index contributed by atoms with van der Waals surface area (Å²) in [4.78, 5) is 0. The van der Waals surface area contributed by atoms with Gasteiger partial charge in [-0.1, -0.05) is 5.21 Å². The molecule has 0 atom stereocenters. The molecule has 0 amide bonds. The largest absolute Gasteiger partial charge is 0.325 e. The quantitative estimate of drug-likeness (QED) is 0.679. The van der Waals surface area contributed by atoms with Gasteiger partial charge in [0.2, 0.25) is 0 Å². The van der Waals surface area contributed by atoms with Gasteiger partial charge in [0.1, 0.15) is 0 Å². The van der Waals surface area contributed by atoms with Crippen molar-refractivity contribution in [1.29, 1.82) is 0 Å². The molecule has 4 heteroatoms. The second-order valence-corrected chi connectivity index (χ2v) is 2.86. The van der Waals surface area contributed by atoms with Crippen molar-refractivity contribution in [3.8, 4) is 0 Å². The van der Waals surface area contributed by atoms with Crippen LogP contribution in [0.2, 0.25) is 0 Å². The molecule has 0 aliphatic heterocycles. The van der Waals surface area contributed by atoms with Crippen LogP contribution >= 0.6 is 0 Å². The summed E-state index contributed by atoms with van der Waals surface area (Å²) in [7, 11) is 0. The molecule has 1 aromatic rings. The van der Waals surface area contributed by atoms with E-state index in [1.807, 2.05) is 11.6 Å². The summed E-state index contributed by atoms with van der Waals surface area (Å²) in [5, 5.41) is 7.92. The molecule has 1 aromatic heterocycles. The highest BCUT2D eigenvalue weighted by molar-refractivity contribution is 5.07. The van der Waals surface area contributed by atoms with E-state index in [4.69, 9.17) is 5.73 Å². The van der Waals surface area contributed by atoms with Gasteiger partial charge in [0.25, 0.3) is 0 Å². The Hall–Kier alpha value is -0.900. The Balaban J connectivity index is 3.00. The minimum atomic E-state index is 0.364. The van der Waals surface area contributed by atoms with Gasteiger partial charge < -0.3 is 5.73 Å². The predicted molar refractivity (Wildman–Crippen MR) is 43.0 cm³/mol. The lowest BCUT2D eigenvalue weighted by Crippen LogP contribution is -2.06. The lowest BCUT2D eigenvalue weighted by atomic mass is 10.3. The first-order valence-electron chi connectivity index (χ1n) is 3.77. The van der Waals surface area contributed by atoms with Crippen molar-refractivity contribution in [1.82, 2.24) is 15.0 Å². The first-order valence-corrected chi connectivity index (χ1v) is 3.77. The molecule has 1 heterocycles. The normalized spacial score (nSPS) is 11.0. The lowest BCUT2D eigenvalue weighted by molar-refractivity contribution is 0.502. The van der Waals surface area contributed by atoms with E-state index in [2.05, 4.69) is 24.2 Å². The maximum Gasteiger partial charge on any atom is 0.0991 e. The van der Waals surface area contributed by atoms with Gasteiger partial charge in [0, 0.05) is 12.6 Å². The number of hydrogen-bond donors (Lipinski definition) is 1. The lowest BCUT2D eigenvalue weighted by Gasteiger charge is -2.05. The second-order valence-electron chi connectivity index (χ2n) is 2.86. The highest BCUT2D eigenvalue weighted by Gasteiger charge is 2.07. The van der Waals surface area contributed by atoms with E-state index in [1.165, 1.54) is 0 Å². The van der Waals surface area contributed by atoms with Crippen LogP contribution in [0.15, 0.2) is 0 Å². The summed E-state index contributed by atoms with van der Waals surface area (Å²) < 4.78 is 1.88. The van der Waals surface area contributed by atoms with Gasteiger partial charge in [-0.3, -0.25) is 0 Å². The number of nitrogens with two attached hydrogens (primary N) is 1. The maximum atomic E-state index is 5.45. The summed E-state index contributed by atoms with van der Waals surface area (Å²) in [5.41, 5.74) is 7.41. The Bertz CT molecular complexity index is 239. The summed E-state index contributed by atoms with van der Waals surface area (Å²) in [6, 6.07) is 0.364. The minimum Gasteiger partial charge on any atom is -0.325 e. The molecule has 0 radical (unpaired) electrons. The van der Waals surface area contributed by atoms with Crippen molar-refractivity contribution < 1.29 is 0 Å². The first-order chi connectivity index (χ1) is 5.16. The fourth-order valence-electron chi connectivity index (χ4n) is 1.05. The minimum absolute atomic E-state index is 0.364. The van der Waals surface area contributed by atoms with Crippen LogP contribution in [-0.4, -0.2) is 15.0 Å². The maximum absolute atomic E-state index is 5.45. The van der Waals surface area contributed by atoms with Gasteiger partial charge in [0.15, 0.2) is 0 Å². The van der Waals surface area contributed by atoms with E-state index in [9.17, 15) is 0 Å². The third-order valence-corrected chi connectivity index (χ3v) is 1.71. The molecule has 0 saturated heterocycles. The molecule has 0 spiro atoms. The number of nitrogens with zero attached hydrogens (tertiary/aromatic N) is 3. The molecule has 1 rings (SSSR count). The van der Waals surface area contributed by atoms with Crippen LogP contribution < -0.4 is 5.73 Å². The molecular weight excluding hydrogens is 140 g/mol. The van der Waals surface area contributed by atoms with Gasteiger partial charge in [-0.25, -0.2) is 4.68 Å². The van der Waals surface area contributed by atoms with E-state index in [1.54, 1.807) is 0 Å². The monoisotopic (exact) mass is 154 g/mol. The Morgan fingerprint density at radius 3 is 2.45 bits per heavy atom. The Morgan fingerprint density at radius 1 is 1.55 bits per heavy atom. The third-order valence-electron chi connectivity index (χ3n) is 1.71. The number of rotatable bonds is 2. The molecular formula is C7H14N4. The smallest absolute Gasteiger partial charge is 0.0991 e. The summed E-state index contributed by atoms with van der Waals surface area (Å²) in [6.07, 6.45) is 0. The van der Waals surface area contributed by atoms with Crippen molar-refractivity contribution >= 4 is 0 Å². The van der Waals surface area contributed by atoms with Crippen LogP contribution in [0, 0.1) is 6.92 Å². The summed E-state index contributed by atoms with van der Waals surface area (Å²) in [6.45, 7) is 6.60. The molecule has 0 bridgehead atoms. The zero-order chi connectivity index (χ0) is 8.43. The van der Waals surface area contributed by atoms with Gasteiger partial charge in [-0.05, 0) is 20.8 Å². The molecule has 2 N–H and O–H groups in total. The molecule has 0 unspecified atom stereocenters. The van der Waals surface area contributed by atoms with Crippen LogP contribution in [0.4, 0.5) is 0 Å². The van der Waals surface area contributed by atoms with E-state index >= 15 is 0 Å². The SMILES string of the molecule is Cc1c(CN)nnn1C(C)C. The molecule has 0 saturated carbocycles. The molecule has 0 aromatic carbocycles. The average molecular weight is 154 g/mol. The molecule has 11 heavy (non-hydrogen) atoms. The van der Waals surface area contributed by atoms with Crippen LogP contribution in [0.5, 0.6) is 0 Å². The van der Waals surface area contributed by atoms with Crippen molar-refractivity contribution in [2.24, 2.45) is 5.73 Å². The van der Waals surface area contributed by atoms with Crippen LogP contribution in [-0.2, 0) is 6.54 Å². The van der Waals surface area contributed by atoms with E-state index in [0.717, 1.165) is 11.4 Å². The molecule has 4 nitrogen and oxygen atoms in total. The van der Waals surface area contributed by atoms with Gasteiger partial charge >= 0.3 is 0 Å². The zero-order valence-electron chi connectivity index (χ0n) is 7.20. The Labute approximate surface area is 66.4 Å². The van der Waals surface area contributed by atoms with Crippen LogP contribution in [0.1, 0.15) is 31.3 Å². The molecule has 0 aliphatic carbocycles. The summed E-state index contributed by atoms with van der Waals surface area (Å²) in [5.74, 6) is 0. The fourth-order valence-corrected chi connectivity index (χ4v) is 1.05. The number of hydrogen-bond acceptors (Lipinski definition) is 3. The van der Waals surface area contributed by atoms with Crippen LogP contribution in [0.25, 0.3) is 0 Å². The fraction of sp³-hybridized carbons (Fsp3) is 0.714. The Kier molecular flexibility index (Phi) is 2.24. The molecule has 62 valence electrons. The standard InChI is InChI=1S/C7H14N4/c1-5(2)11-6(3)7(4-8)9-10-11/h5H,4,8H2,1-3H3. The zero-order valence-corrected chi connectivity index (χ0v) is 7.20. The molecule has 0 aliphatic rings. The van der Waals surface area contributed by atoms with Crippen molar-refractivity contribution in [3.05, 3.63) is 11.4 Å². The second kappa shape index (κ2) is 3.00. The van der Waals surface area contributed by atoms with Crippen molar-refractivity contribution in [2.75, 3.05) is 0 Å². The van der Waals surface area contributed by atoms with Crippen molar-refractivity contribution in [3.63, 3.8) is 0 Å². The highest BCUT2D eigenvalue weighted by atomic mass is 15.4. The highest BCUT2D eigenvalue weighted by Crippen LogP contribution is 2.08. The topological polar surface area (TPSA) is 56.7 Å². The van der Waals surface area contributed by atoms with E-state index < -0.39 is 0 Å². The first kappa shape index (κ1) is 8.20. The van der Waals surface area contributed by atoms with E-state index in [0.29, 0.717) is 12.6 Å². The van der Waals surface area contributed by atoms with Gasteiger partial charge in [0.05, 0.1) is 11.4 Å². The third kappa shape index (κ3) is 1.40. The van der Waals surface area contributed by atoms with Crippen LogP contribution in [0.3, 0.4) is 0 Å². The number of aromatic nitrogens is 3. The van der Waals surface area contributed by atoms with Gasteiger partial charge in [-0.2, -0.15) is 0 Å². The van der Waals surface area contributed by atoms with Gasteiger partial charge in [-0.15, -0.1) is 5.10 Å². The molecule has 0 fully saturated rings. The summed E-state index contributed by atoms with van der Waals surface area (Å²) >= 11 is 0. The average Bonchev–Trinajstić information content (AvgIpc) is 2.30.